The van der Waals surface area contributed by atoms with E-state index in [0.717, 1.165) is 14.6 Å². The Kier molecular flexibility index (Phi) is 4.89. The average Bonchev–Trinajstić information content (AvgIpc) is 2.85. The van der Waals surface area contributed by atoms with Crippen molar-refractivity contribution in [2.45, 2.75) is 0 Å². The molecule has 1 saturated heterocycles. The summed E-state index contributed by atoms with van der Waals surface area (Å²) in [7, 11) is 0. The van der Waals surface area contributed by atoms with Gasteiger partial charge in [0, 0.05) is 14.5 Å². The number of phenolic OH excluding ortho intramolecular Hbond substituents is 1. The van der Waals surface area contributed by atoms with Crippen LogP contribution in [0.5, 0.6) is 5.75 Å². The van der Waals surface area contributed by atoms with E-state index in [1.165, 1.54) is 11.8 Å². The lowest BCUT2D eigenvalue weighted by atomic mass is 10.2. The Labute approximate surface area is 154 Å². The smallest absolute Gasteiger partial charge is 0.264 e. The highest BCUT2D eigenvalue weighted by molar-refractivity contribution is 9.10. The number of aliphatic imine (C=N–C) groups is 1. The maximum Gasteiger partial charge on any atom is 0.264 e. The third kappa shape index (κ3) is 4.04. The van der Waals surface area contributed by atoms with Gasteiger partial charge in [-0.1, -0.05) is 31.9 Å². The largest absolute Gasteiger partial charge is 0.507 e. The molecule has 0 spiro atoms. The SMILES string of the molecule is O=C1NC(=Nc2ccc(Br)cc2)S/C1=C/c1cc(Br)ccc1O. The molecule has 1 fully saturated rings. The van der Waals surface area contributed by atoms with Crippen molar-refractivity contribution in [1.29, 1.82) is 0 Å². The van der Waals surface area contributed by atoms with Crippen LogP contribution in [0.2, 0.25) is 0 Å². The van der Waals surface area contributed by atoms with Crippen LogP contribution in [0.4, 0.5) is 5.69 Å². The van der Waals surface area contributed by atoms with Gasteiger partial charge >= 0.3 is 0 Å². The predicted octanol–water partition coefficient (Wildman–Crippen LogP) is 4.81. The number of carbonyl (C=O) groups is 1. The fourth-order valence-corrected chi connectivity index (χ4v) is 3.37. The maximum absolute atomic E-state index is 12.0. The number of hydrogen-bond acceptors (Lipinski definition) is 4. The van der Waals surface area contributed by atoms with Gasteiger partial charge < -0.3 is 10.4 Å². The molecule has 0 saturated carbocycles. The fourth-order valence-electron chi connectivity index (χ4n) is 1.90. The van der Waals surface area contributed by atoms with E-state index in [4.69, 9.17) is 0 Å². The van der Waals surface area contributed by atoms with Crippen molar-refractivity contribution in [3.05, 3.63) is 61.9 Å². The van der Waals surface area contributed by atoms with Gasteiger partial charge in [0.15, 0.2) is 5.17 Å². The van der Waals surface area contributed by atoms with Crippen LogP contribution in [-0.2, 0) is 4.79 Å². The van der Waals surface area contributed by atoms with Crippen molar-refractivity contribution in [3.63, 3.8) is 0 Å². The quantitative estimate of drug-likeness (QED) is 0.641. The van der Waals surface area contributed by atoms with Gasteiger partial charge in [0.05, 0.1) is 10.6 Å². The lowest BCUT2D eigenvalue weighted by Crippen LogP contribution is -2.19. The zero-order chi connectivity index (χ0) is 16.4. The maximum atomic E-state index is 12.0. The van der Waals surface area contributed by atoms with Crippen LogP contribution in [0.3, 0.4) is 0 Å². The number of amides is 1. The molecule has 4 nitrogen and oxygen atoms in total. The van der Waals surface area contributed by atoms with Gasteiger partial charge in [-0.05, 0) is 60.3 Å². The van der Waals surface area contributed by atoms with Crippen molar-refractivity contribution in [1.82, 2.24) is 5.32 Å². The number of carbonyl (C=O) groups excluding carboxylic acids is 1. The van der Waals surface area contributed by atoms with Gasteiger partial charge in [-0.2, -0.15) is 0 Å². The first kappa shape index (κ1) is 16.3. The van der Waals surface area contributed by atoms with E-state index in [1.54, 1.807) is 24.3 Å². The van der Waals surface area contributed by atoms with Crippen LogP contribution in [0.1, 0.15) is 5.56 Å². The summed E-state index contributed by atoms with van der Waals surface area (Å²) in [5.41, 5.74) is 1.32. The lowest BCUT2D eigenvalue weighted by molar-refractivity contribution is -0.115. The first-order chi connectivity index (χ1) is 11.0. The average molecular weight is 454 g/mol. The van der Waals surface area contributed by atoms with Gasteiger partial charge in [0.2, 0.25) is 0 Å². The number of amidine groups is 1. The second kappa shape index (κ2) is 6.90. The topological polar surface area (TPSA) is 61.7 Å². The fraction of sp³-hybridized carbons (Fsp3) is 0. The monoisotopic (exact) mass is 452 g/mol. The summed E-state index contributed by atoms with van der Waals surface area (Å²) in [5, 5.41) is 13.1. The van der Waals surface area contributed by atoms with E-state index in [0.29, 0.717) is 15.6 Å². The van der Waals surface area contributed by atoms with Crippen LogP contribution in [0.25, 0.3) is 6.08 Å². The van der Waals surface area contributed by atoms with Gasteiger partial charge in [-0.15, -0.1) is 0 Å². The van der Waals surface area contributed by atoms with Gasteiger partial charge in [-0.25, -0.2) is 4.99 Å². The van der Waals surface area contributed by atoms with Crippen molar-refractivity contribution >= 4 is 66.5 Å². The van der Waals surface area contributed by atoms with Crippen LogP contribution in [0, 0.1) is 0 Å². The Bertz CT molecular complexity index is 832. The zero-order valence-electron chi connectivity index (χ0n) is 11.6. The summed E-state index contributed by atoms with van der Waals surface area (Å²) in [6.45, 7) is 0. The molecule has 0 atom stereocenters. The molecule has 116 valence electrons. The van der Waals surface area contributed by atoms with E-state index < -0.39 is 0 Å². The third-order valence-corrected chi connectivity index (χ3v) is 4.92. The highest BCUT2D eigenvalue weighted by Gasteiger charge is 2.24. The summed E-state index contributed by atoms with van der Waals surface area (Å²) in [6.07, 6.45) is 1.64. The molecule has 7 heteroatoms. The van der Waals surface area contributed by atoms with E-state index >= 15 is 0 Å². The molecule has 2 N–H and O–H groups in total. The normalized spacial score (nSPS) is 17.7. The van der Waals surface area contributed by atoms with Crippen molar-refractivity contribution in [2.24, 2.45) is 4.99 Å². The first-order valence-electron chi connectivity index (χ1n) is 6.55. The molecule has 0 aromatic heterocycles. The molecule has 1 aliphatic heterocycles. The number of nitrogens with zero attached hydrogens (tertiary/aromatic N) is 1. The summed E-state index contributed by atoms with van der Waals surface area (Å²) >= 11 is 7.95. The molecule has 1 aliphatic rings. The number of halogens is 2. The van der Waals surface area contributed by atoms with E-state index in [2.05, 4.69) is 42.2 Å². The zero-order valence-corrected chi connectivity index (χ0v) is 15.6. The number of hydrogen-bond donors (Lipinski definition) is 2. The Hall–Kier alpha value is -1.57. The summed E-state index contributed by atoms with van der Waals surface area (Å²) < 4.78 is 1.80. The lowest BCUT2D eigenvalue weighted by Gasteiger charge is -2.00. The minimum Gasteiger partial charge on any atom is -0.507 e. The molecule has 2 aromatic rings. The Balaban J connectivity index is 1.86. The Morgan fingerprint density at radius 2 is 1.78 bits per heavy atom. The molecule has 3 rings (SSSR count). The number of nitrogens with one attached hydrogen (secondary N) is 1. The van der Waals surface area contributed by atoms with Crippen molar-refractivity contribution < 1.29 is 9.90 Å². The van der Waals surface area contributed by atoms with Crippen LogP contribution >= 0.6 is 43.6 Å². The molecule has 0 bridgehead atoms. The second-order valence-corrected chi connectivity index (χ2v) is 7.52. The Morgan fingerprint density at radius 1 is 1.09 bits per heavy atom. The molecule has 2 aromatic carbocycles. The number of thioether (sulfide) groups is 1. The molecule has 0 unspecified atom stereocenters. The second-order valence-electron chi connectivity index (χ2n) is 4.66. The minimum absolute atomic E-state index is 0.118. The van der Waals surface area contributed by atoms with Gasteiger partial charge in [-0.3, -0.25) is 4.79 Å². The summed E-state index contributed by atoms with van der Waals surface area (Å²) in [5.74, 6) is -0.113. The van der Waals surface area contributed by atoms with Crippen LogP contribution in [0.15, 0.2) is 61.3 Å². The molecular weight excluding hydrogens is 444 g/mol. The highest BCUT2D eigenvalue weighted by atomic mass is 79.9. The van der Waals surface area contributed by atoms with E-state index in [-0.39, 0.29) is 11.7 Å². The molecule has 0 aliphatic carbocycles. The van der Waals surface area contributed by atoms with E-state index in [1.807, 2.05) is 24.3 Å². The van der Waals surface area contributed by atoms with Crippen LogP contribution < -0.4 is 5.32 Å². The van der Waals surface area contributed by atoms with Crippen LogP contribution in [-0.4, -0.2) is 16.2 Å². The standard InChI is InChI=1S/C16H10Br2N2O2S/c17-10-1-4-12(5-2-10)19-16-20-15(22)14(23-16)8-9-7-11(18)3-6-13(9)21/h1-8,21H,(H,19,20,22)/b14-8+. The van der Waals surface area contributed by atoms with Gasteiger partial charge in [0.1, 0.15) is 5.75 Å². The molecular formula is C16H10Br2N2O2S. The predicted molar refractivity (Wildman–Crippen MR) is 101 cm³/mol. The number of rotatable bonds is 2. The van der Waals surface area contributed by atoms with Crippen molar-refractivity contribution in [2.75, 3.05) is 0 Å². The molecule has 23 heavy (non-hydrogen) atoms. The minimum atomic E-state index is -0.231. The Morgan fingerprint density at radius 3 is 2.52 bits per heavy atom. The summed E-state index contributed by atoms with van der Waals surface area (Å²) in [6, 6.07) is 12.5. The molecule has 1 heterocycles. The number of phenols is 1. The third-order valence-electron chi connectivity index (χ3n) is 2.98. The van der Waals surface area contributed by atoms with Crippen molar-refractivity contribution in [3.8, 4) is 5.75 Å². The molecule has 0 radical (unpaired) electrons. The summed E-state index contributed by atoms with van der Waals surface area (Å²) in [4.78, 5) is 16.9. The molecule has 1 amide bonds. The van der Waals surface area contributed by atoms with E-state index in [9.17, 15) is 9.90 Å². The number of benzene rings is 2. The highest BCUT2D eigenvalue weighted by Crippen LogP contribution is 2.31. The number of aromatic hydroxyl groups is 1. The first-order valence-corrected chi connectivity index (χ1v) is 8.95. The van der Waals surface area contributed by atoms with Gasteiger partial charge in [0.25, 0.3) is 5.91 Å².